The van der Waals surface area contributed by atoms with Crippen molar-refractivity contribution in [3.8, 4) is 0 Å². The van der Waals surface area contributed by atoms with Gasteiger partial charge in [0.15, 0.2) is 0 Å². The predicted molar refractivity (Wildman–Crippen MR) is 68.8 cm³/mol. The summed E-state index contributed by atoms with van der Waals surface area (Å²) in [5.41, 5.74) is -0.608. The zero-order valence-electron chi connectivity index (χ0n) is 10.8. The highest BCUT2D eigenvalue weighted by atomic mass is 19.1. The molecule has 1 aliphatic heterocycles. The number of aliphatic hydroxyl groups excluding tert-OH is 1. The maximum atomic E-state index is 13.7. The number of aliphatic hydroxyl groups is 1. The first-order chi connectivity index (χ1) is 9.52. The van der Waals surface area contributed by atoms with Crippen LogP contribution in [0.1, 0.15) is 23.2 Å². The summed E-state index contributed by atoms with van der Waals surface area (Å²) in [6, 6.07) is 2.91. The van der Waals surface area contributed by atoms with Gasteiger partial charge >= 0.3 is 0 Å². The Hall–Kier alpha value is -2.02. The Morgan fingerprint density at radius 2 is 2.30 bits per heavy atom. The summed E-state index contributed by atoms with van der Waals surface area (Å²) in [6.45, 7) is 0.788. The Balaban J connectivity index is 2.24. The average Bonchev–Trinajstić information content (AvgIpc) is 2.46. The van der Waals surface area contributed by atoms with E-state index in [1.165, 1.54) is 4.90 Å². The van der Waals surface area contributed by atoms with Gasteiger partial charge in [0.1, 0.15) is 5.82 Å². The third-order valence-electron chi connectivity index (χ3n) is 3.46. The fourth-order valence-electron chi connectivity index (χ4n) is 2.36. The number of nitro groups is 1. The molecule has 0 saturated carbocycles. The van der Waals surface area contributed by atoms with Gasteiger partial charge in [-0.25, -0.2) is 4.39 Å². The molecule has 0 aliphatic carbocycles. The molecule has 108 valence electrons. The van der Waals surface area contributed by atoms with Gasteiger partial charge in [0.2, 0.25) is 0 Å². The van der Waals surface area contributed by atoms with E-state index in [4.69, 9.17) is 5.11 Å². The van der Waals surface area contributed by atoms with Gasteiger partial charge < -0.3 is 10.0 Å². The van der Waals surface area contributed by atoms with Crippen LogP contribution >= 0.6 is 0 Å². The molecule has 7 heteroatoms. The van der Waals surface area contributed by atoms with Crippen LogP contribution in [0.15, 0.2) is 18.2 Å². The summed E-state index contributed by atoms with van der Waals surface area (Å²) in [7, 11) is 0. The molecular formula is C13H15FN2O4. The number of non-ortho nitro benzene ring substituents is 1. The van der Waals surface area contributed by atoms with Gasteiger partial charge in [-0.05, 0) is 24.8 Å². The maximum absolute atomic E-state index is 13.7. The van der Waals surface area contributed by atoms with Gasteiger partial charge in [-0.2, -0.15) is 0 Å². The van der Waals surface area contributed by atoms with Gasteiger partial charge in [-0.15, -0.1) is 0 Å². The number of carbonyl (C=O) groups is 1. The zero-order valence-corrected chi connectivity index (χ0v) is 10.8. The molecule has 0 bridgehead atoms. The highest BCUT2D eigenvalue weighted by molar-refractivity contribution is 5.95. The van der Waals surface area contributed by atoms with E-state index < -0.39 is 16.6 Å². The number of carbonyl (C=O) groups excluding carboxylic acids is 1. The van der Waals surface area contributed by atoms with Crippen LogP contribution in [0.4, 0.5) is 10.1 Å². The van der Waals surface area contributed by atoms with Crippen molar-refractivity contribution < 1.29 is 19.2 Å². The molecule has 2 rings (SSSR count). The fourth-order valence-corrected chi connectivity index (χ4v) is 2.36. The number of rotatable bonds is 3. The van der Waals surface area contributed by atoms with E-state index in [1.807, 2.05) is 0 Å². The van der Waals surface area contributed by atoms with E-state index in [0.717, 1.165) is 31.0 Å². The smallest absolute Gasteiger partial charge is 0.270 e. The Morgan fingerprint density at radius 1 is 1.55 bits per heavy atom. The van der Waals surface area contributed by atoms with E-state index in [0.29, 0.717) is 13.1 Å². The molecule has 1 aromatic carbocycles. The van der Waals surface area contributed by atoms with Crippen molar-refractivity contribution in [2.75, 3.05) is 19.7 Å². The van der Waals surface area contributed by atoms with Crippen molar-refractivity contribution in [1.29, 1.82) is 0 Å². The van der Waals surface area contributed by atoms with Crippen LogP contribution in [0.2, 0.25) is 0 Å². The van der Waals surface area contributed by atoms with E-state index >= 15 is 0 Å². The van der Waals surface area contributed by atoms with Gasteiger partial charge in [0.05, 0.1) is 10.5 Å². The zero-order chi connectivity index (χ0) is 14.7. The quantitative estimate of drug-likeness (QED) is 0.674. The number of nitrogens with zero attached hydrogens (tertiary/aromatic N) is 2. The summed E-state index contributed by atoms with van der Waals surface area (Å²) in [4.78, 5) is 23.7. The lowest BCUT2D eigenvalue weighted by atomic mass is 9.98. The minimum atomic E-state index is -0.772. The second-order valence-corrected chi connectivity index (χ2v) is 4.86. The number of likely N-dealkylation sites (tertiary alicyclic amines) is 1. The van der Waals surface area contributed by atoms with Crippen molar-refractivity contribution in [3.63, 3.8) is 0 Å². The van der Waals surface area contributed by atoms with E-state index in [1.54, 1.807) is 0 Å². The number of benzene rings is 1. The lowest BCUT2D eigenvalue weighted by Gasteiger charge is -2.31. The second kappa shape index (κ2) is 5.96. The number of nitro benzene ring substituents is 1. The van der Waals surface area contributed by atoms with Crippen LogP contribution in [0.25, 0.3) is 0 Å². The van der Waals surface area contributed by atoms with Gasteiger partial charge in [-0.3, -0.25) is 14.9 Å². The summed E-state index contributed by atoms with van der Waals surface area (Å²) in [6.07, 6.45) is 1.55. The first-order valence-corrected chi connectivity index (χ1v) is 6.37. The molecule has 0 radical (unpaired) electrons. The van der Waals surface area contributed by atoms with Crippen molar-refractivity contribution in [1.82, 2.24) is 4.90 Å². The highest BCUT2D eigenvalue weighted by Crippen LogP contribution is 2.22. The van der Waals surface area contributed by atoms with Crippen LogP contribution in [0, 0.1) is 21.8 Å². The van der Waals surface area contributed by atoms with Crippen LogP contribution in [-0.2, 0) is 0 Å². The predicted octanol–water partition coefficient (Wildman–Crippen LogP) is 1.58. The van der Waals surface area contributed by atoms with Gasteiger partial charge in [0.25, 0.3) is 11.6 Å². The van der Waals surface area contributed by atoms with Crippen LogP contribution < -0.4 is 0 Å². The van der Waals surface area contributed by atoms with Crippen molar-refractivity contribution >= 4 is 11.6 Å². The third kappa shape index (κ3) is 2.93. The maximum Gasteiger partial charge on any atom is 0.270 e. The van der Waals surface area contributed by atoms with Crippen LogP contribution in [0.3, 0.4) is 0 Å². The molecule has 1 saturated heterocycles. The number of hydrogen-bond acceptors (Lipinski definition) is 4. The van der Waals surface area contributed by atoms with Crippen molar-refractivity contribution in [2.45, 2.75) is 12.8 Å². The number of halogens is 1. The molecule has 1 aromatic rings. The molecule has 1 unspecified atom stereocenters. The summed E-state index contributed by atoms with van der Waals surface area (Å²) in [5, 5.41) is 19.8. The molecule has 1 N–H and O–H groups in total. The van der Waals surface area contributed by atoms with Crippen LogP contribution in [-0.4, -0.2) is 40.5 Å². The van der Waals surface area contributed by atoms with Gasteiger partial charge in [0, 0.05) is 31.8 Å². The first-order valence-electron chi connectivity index (χ1n) is 6.37. The summed E-state index contributed by atoms with van der Waals surface area (Å²) >= 11 is 0. The van der Waals surface area contributed by atoms with Crippen molar-refractivity contribution in [3.05, 3.63) is 39.7 Å². The van der Waals surface area contributed by atoms with E-state index in [-0.39, 0.29) is 23.8 Å². The number of hydrogen-bond donors (Lipinski definition) is 1. The highest BCUT2D eigenvalue weighted by Gasteiger charge is 2.26. The largest absolute Gasteiger partial charge is 0.396 e. The molecule has 1 aliphatic rings. The average molecular weight is 282 g/mol. The molecule has 1 atom stereocenters. The topological polar surface area (TPSA) is 83.7 Å². The van der Waals surface area contributed by atoms with Gasteiger partial charge in [-0.1, -0.05) is 0 Å². The monoisotopic (exact) mass is 282 g/mol. The Morgan fingerprint density at radius 3 is 2.95 bits per heavy atom. The molecule has 1 amide bonds. The molecule has 20 heavy (non-hydrogen) atoms. The first kappa shape index (κ1) is 14.4. The van der Waals surface area contributed by atoms with E-state index in [9.17, 15) is 19.3 Å². The fraction of sp³-hybridized carbons (Fsp3) is 0.462. The SMILES string of the molecule is O=C(c1cc([N+](=O)[O-])ccc1F)N1CCCC(CO)C1. The lowest BCUT2D eigenvalue weighted by Crippen LogP contribution is -2.41. The minimum absolute atomic E-state index is 0.0190. The minimum Gasteiger partial charge on any atom is -0.396 e. The normalized spacial score (nSPS) is 18.9. The Kier molecular flexibility index (Phi) is 4.29. The molecule has 1 fully saturated rings. The number of amides is 1. The Bertz CT molecular complexity index is 535. The molecule has 6 nitrogen and oxygen atoms in total. The molecule has 1 heterocycles. The molecule has 0 aromatic heterocycles. The lowest BCUT2D eigenvalue weighted by molar-refractivity contribution is -0.384. The standard InChI is InChI=1S/C13H15FN2O4/c14-12-4-3-10(16(19)20)6-11(12)13(18)15-5-1-2-9(7-15)8-17/h3-4,6,9,17H,1-2,5,7-8H2. The number of piperidine rings is 1. The molecular weight excluding hydrogens is 267 g/mol. The Labute approximate surface area is 115 Å². The van der Waals surface area contributed by atoms with E-state index in [2.05, 4.69) is 0 Å². The summed E-state index contributed by atoms with van der Waals surface area (Å²) in [5.74, 6) is -1.36. The molecule has 0 spiro atoms. The third-order valence-corrected chi connectivity index (χ3v) is 3.46. The second-order valence-electron chi connectivity index (χ2n) is 4.86. The van der Waals surface area contributed by atoms with Crippen LogP contribution in [0.5, 0.6) is 0 Å². The summed E-state index contributed by atoms with van der Waals surface area (Å²) < 4.78 is 13.7. The van der Waals surface area contributed by atoms with Crippen molar-refractivity contribution in [2.24, 2.45) is 5.92 Å².